The summed E-state index contributed by atoms with van der Waals surface area (Å²) in [6.45, 7) is 2.03. The smallest absolute Gasteiger partial charge is 0.396 e. The zero-order chi connectivity index (χ0) is 13.6. The van der Waals surface area contributed by atoms with Crippen LogP contribution >= 0.6 is 0 Å². The number of aliphatic hydroxyl groups is 1. The Morgan fingerprint density at radius 3 is 2.50 bits per heavy atom. The summed E-state index contributed by atoms with van der Waals surface area (Å²) in [5.41, 5.74) is 4.64. The fourth-order valence-electron chi connectivity index (χ4n) is 2.67. The molecule has 3 N–H and O–H groups in total. The van der Waals surface area contributed by atoms with Gasteiger partial charge in [0.1, 0.15) is 0 Å². The summed E-state index contributed by atoms with van der Waals surface area (Å²) in [5, 5.41) is 9.38. The maximum absolute atomic E-state index is 12.7. The molecule has 1 aliphatic carbocycles. The van der Waals surface area contributed by atoms with Crippen LogP contribution in [-0.2, 0) is 11.6 Å². The minimum absolute atomic E-state index is 0.101. The first-order chi connectivity index (χ1) is 8.29. The standard InChI is InChI=1S/C13H16F3NO/c1-11(6-12(11,7-17)8-18)9-3-2-4-10(5-9)13(14,15)16/h2-5,18H,6-8,17H2,1H3. The molecular weight excluding hydrogens is 243 g/mol. The lowest BCUT2D eigenvalue weighted by Gasteiger charge is -2.20. The van der Waals surface area contributed by atoms with E-state index in [0.717, 1.165) is 12.1 Å². The van der Waals surface area contributed by atoms with Gasteiger partial charge in [0.2, 0.25) is 0 Å². The molecule has 5 heteroatoms. The van der Waals surface area contributed by atoms with Crippen molar-refractivity contribution in [3.05, 3.63) is 35.4 Å². The van der Waals surface area contributed by atoms with Gasteiger partial charge in [-0.15, -0.1) is 0 Å². The predicted octanol–water partition coefficient (Wildman–Crippen LogP) is 2.30. The summed E-state index contributed by atoms with van der Waals surface area (Å²) in [6.07, 6.45) is -3.72. The molecule has 1 aromatic carbocycles. The number of rotatable bonds is 3. The van der Waals surface area contributed by atoms with E-state index in [-0.39, 0.29) is 13.2 Å². The van der Waals surface area contributed by atoms with Crippen LogP contribution in [0.15, 0.2) is 24.3 Å². The molecule has 0 radical (unpaired) electrons. The molecule has 0 saturated heterocycles. The number of aliphatic hydroxyl groups excluding tert-OH is 1. The Morgan fingerprint density at radius 2 is 2.06 bits per heavy atom. The summed E-state index contributed by atoms with van der Waals surface area (Å²) in [6, 6.07) is 5.29. The molecule has 1 saturated carbocycles. The molecule has 2 nitrogen and oxygen atoms in total. The topological polar surface area (TPSA) is 46.2 Å². The normalized spacial score (nSPS) is 31.4. The Labute approximate surface area is 104 Å². The van der Waals surface area contributed by atoms with Gasteiger partial charge in [-0.2, -0.15) is 13.2 Å². The fraction of sp³-hybridized carbons (Fsp3) is 0.538. The lowest BCUT2D eigenvalue weighted by atomic mass is 9.87. The summed E-state index contributed by atoms with van der Waals surface area (Å²) >= 11 is 0. The summed E-state index contributed by atoms with van der Waals surface area (Å²) < 4.78 is 38.0. The zero-order valence-electron chi connectivity index (χ0n) is 10.1. The number of hydrogen-bond acceptors (Lipinski definition) is 2. The SMILES string of the molecule is CC1(c2cccc(C(F)(F)F)c2)CC1(CN)CO. The van der Waals surface area contributed by atoms with Gasteiger partial charge < -0.3 is 10.8 Å². The zero-order valence-corrected chi connectivity index (χ0v) is 10.1. The second-order valence-electron chi connectivity index (χ2n) is 5.23. The lowest BCUT2D eigenvalue weighted by molar-refractivity contribution is -0.137. The van der Waals surface area contributed by atoms with Crippen LogP contribution < -0.4 is 5.73 Å². The van der Waals surface area contributed by atoms with Crippen LogP contribution in [0.1, 0.15) is 24.5 Å². The molecule has 18 heavy (non-hydrogen) atoms. The van der Waals surface area contributed by atoms with E-state index in [9.17, 15) is 18.3 Å². The number of benzene rings is 1. The Morgan fingerprint density at radius 1 is 1.39 bits per heavy atom. The number of halogens is 3. The molecule has 0 spiro atoms. The Balaban J connectivity index is 2.37. The molecule has 0 aromatic heterocycles. The van der Waals surface area contributed by atoms with Crippen LogP contribution in [0.5, 0.6) is 0 Å². The number of hydrogen-bond donors (Lipinski definition) is 2. The molecule has 1 aliphatic rings. The van der Waals surface area contributed by atoms with E-state index < -0.39 is 22.6 Å². The molecule has 0 bridgehead atoms. The van der Waals surface area contributed by atoms with Gasteiger partial charge in [0.15, 0.2) is 0 Å². The highest BCUT2D eigenvalue weighted by Crippen LogP contribution is 2.63. The van der Waals surface area contributed by atoms with Gasteiger partial charge >= 0.3 is 6.18 Å². The average Bonchev–Trinajstić information content (AvgIpc) is 2.96. The van der Waals surface area contributed by atoms with E-state index in [1.54, 1.807) is 6.07 Å². The van der Waals surface area contributed by atoms with Gasteiger partial charge in [0, 0.05) is 17.4 Å². The van der Waals surface area contributed by atoms with Gasteiger partial charge in [-0.05, 0) is 18.1 Å². The number of nitrogens with two attached hydrogens (primary N) is 1. The van der Waals surface area contributed by atoms with Crippen molar-refractivity contribution in [2.24, 2.45) is 11.1 Å². The Hall–Kier alpha value is -1.07. The highest BCUT2D eigenvalue weighted by atomic mass is 19.4. The third kappa shape index (κ3) is 1.82. The maximum atomic E-state index is 12.7. The van der Waals surface area contributed by atoms with Crippen molar-refractivity contribution in [1.29, 1.82) is 0 Å². The van der Waals surface area contributed by atoms with Crippen LogP contribution in [0.2, 0.25) is 0 Å². The second-order valence-corrected chi connectivity index (χ2v) is 5.23. The quantitative estimate of drug-likeness (QED) is 0.875. The van der Waals surface area contributed by atoms with Gasteiger partial charge in [0.05, 0.1) is 12.2 Å². The molecule has 0 heterocycles. The van der Waals surface area contributed by atoms with E-state index in [2.05, 4.69) is 0 Å². The van der Waals surface area contributed by atoms with E-state index >= 15 is 0 Å². The van der Waals surface area contributed by atoms with E-state index in [0.29, 0.717) is 12.0 Å². The molecule has 0 amide bonds. The molecular formula is C13H16F3NO. The van der Waals surface area contributed by atoms with Crippen molar-refractivity contribution >= 4 is 0 Å². The van der Waals surface area contributed by atoms with Crippen LogP contribution in [0.25, 0.3) is 0 Å². The Kier molecular flexibility index (Phi) is 2.94. The van der Waals surface area contributed by atoms with Crippen molar-refractivity contribution in [2.75, 3.05) is 13.2 Å². The molecule has 100 valence electrons. The molecule has 0 aliphatic heterocycles. The second kappa shape index (κ2) is 3.96. The molecule has 2 unspecified atom stereocenters. The molecule has 2 rings (SSSR count). The van der Waals surface area contributed by atoms with E-state index in [4.69, 9.17) is 5.73 Å². The van der Waals surface area contributed by atoms with Crippen molar-refractivity contribution in [2.45, 2.75) is 24.9 Å². The van der Waals surface area contributed by atoms with E-state index in [1.165, 1.54) is 6.07 Å². The van der Waals surface area contributed by atoms with Crippen LogP contribution in [0.4, 0.5) is 13.2 Å². The van der Waals surface area contributed by atoms with Crippen molar-refractivity contribution < 1.29 is 18.3 Å². The maximum Gasteiger partial charge on any atom is 0.416 e. The molecule has 2 atom stereocenters. The summed E-state index contributed by atoms with van der Waals surface area (Å²) in [4.78, 5) is 0. The van der Waals surface area contributed by atoms with Gasteiger partial charge in [-0.3, -0.25) is 0 Å². The van der Waals surface area contributed by atoms with Crippen LogP contribution in [-0.4, -0.2) is 18.3 Å². The first-order valence-corrected chi connectivity index (χ1v) is 5.78. The highest BCUT2D eigenvalue weighted by molar-refractivity contribution is 5.40. The molecule has 1 fully saturated rings. The van der Waals surface area contributed by atoms with Crippen molar-refractivity contribution in [3.8, 4) is 0 Å². The minimum atomic E-state index is -4.34. The predicted molar refractivity (Wildman–Crippen MR) is 62.0 cm³/mol. The highest BCUT2D eigenvalue weighted by Gasteiger charge is 2.63. The van der Waals surface area contributed by atoms with Crippen LogP contribution in [0.3, 0.4) is 0 Å². The minimum Gasteiger partial charge on any atom is -0.396 e. The van der Waals surface area contributed by atoms with Crippen LogP contribution in [0, 0.1) is 5.41 Å². The monoisotopic (exact) mass is 259 g/mol. The third-order valence-corrected chi connectivity index (χ3v) is 4.26. The Bertz CT molecular complexity index is 454. The van der Waals surface area contributed by atoms with Crippen molar-refractivity contribution in [3.63, 3.8) is 0 Å². The third-order valence-electron chi connectivity index (χ3n) is 4.26. The largest absolute Gasteiger partial charge is 0.416 e. The van der Waals surface area contributed by atoms with E-state index in [1.807, 2.05) is 6.92 Å². The first kappa shape index (κ1) is 13.4. The fourth-order valence-corrected chi connectivity index (χ4v) is 2.67. The first-order valence-electron chi connectivity index (χ1n) is 5.78. The van der Waals surface area contributed by atoms with Gasteiger partial charge in [-0.1, -0.05) is 25.1 Å². The summed E-state index contributed by atoms with van der Waals surface area (Å²) in [7, 11) is 0. The lowest BCUT2D eigenvalue weighted by Crippen LogP contribution is -2.28. The van der Waals surface area contributed by atoms with Gasteiger partial charge in [0.25, 0.3) is 0 Å². The average molecular weight is 259 g/mol. The summed E-state index contributed by atoms with van der Waals surface area (Å²) in [5.74, 6) is 0. The molecule has 1 aromatic rings. The number of alkyl halides is 3. The van der Waals surface area contributed by atoms with Crippen molar-refractivity contribution in [1.82, 2.24) is 0 Å². The van der Waals surface area contributed by atoms with Gasteiger partial charge in [-0.25, -0.2) is 0 Å².